The van der Waals surface area contributed by atoms with Crippen LogP contribution in [0, 0.1) is 0 Å². The molecule has 0 aliphatic carbocycles. The molecule has 0 saturated carbocycles. The van der Waals surface area contributed by atoms with E-state index in [-0.39, 0.29) is 5.69 Å². The van der Waals surface area contributed by atoms with E-state index >= 15 is 0 Å². The molecule has 0 aromatic heterocycles. The molecule has 10 heteroatoms. The third-order valence-corrected chi connectivity index (χ3v) is 4.11. The molecule has 0 aliphatic heterocycles. The second kappa shape index (κ2) is 3.86. The number of rotatable bonds is 2. The predicted octanol–water partition coefficient (Wildman–Crippen LogP) is -0.783. The van der Waals surface area contributed by atoms with Crippen LogP contribution in [0.3, 0.4) is 0 Å². The number of primary sulfonamides is 2. The maximum Gasteiger partial charge on any atom is 0.240 e. The lowest BCUT2D eigenvalue weighted by Crippen LogP contribution is -2.21. The van der Waals surface area contributed by atoms with Gasteiger partial charge in [0.15, 0.2) is 0 Å². The summed E-state index contributed by atoms with van der Waals surface area (Å²) in [7, 11) is -8.60. The van der Waals surface area contributed by atoms with Crippen LogP contribution >= 0.6 is 11.6 Å². The molecule has 1 rings (SSSR count). The summed E-state index contributed by atoms with van der Waals surface area (Å²) in [5.74, 6) is 0. The molecule has 6 N–H and O–H groups in total. The van der Waals surface area contributed by atoms with Gasteiger partial charge in [0.05, 0.1) is 5.02 Å². The molecule has 0 atom stereocenters. The molecular formula is C6H8ClN3O4S2. The number of benzene rings is 1. The fourth-order valence-corrected chi connectivity index (χ4v) is 3.72. The molecule has 0 bridgehead atoms. The first-order valence-electron chi connectivity index (χ1n) is 3.68. The maximum absolute atomic E-state index is 11.2. The average molecular weight is 286 g/mol. The summed E-state index contributed by atoms with van der Waals surface area (Å²) in [6.07, 6.45) is 0. The number of halogens is 1. The third kappa shape index (κ3) is 2.62. The lowest BCUT2D eigenvalue weighted by Gasteiger charge is -2.08. The molecule has 0 aliphatic rings. The largest absolute Gasteiger partial charge is 0.399 e. The molecule has 0 unspecified atom stereocenters. The summed E-state index contributed by atoms with van der Waals surface area (Å²) in [5, 5.41) is 9.27. The average Bonchev–Trinajstić information content (AvgIpc) is 1.97. The van der Waals surface area contributed by atoms with Crippen molar-refractivity contribution in [3.05, 3.63) is 17.2 Å². The molecule has 90 valence electrons. The van der Waals surface area contributed by atoms with Gasteiger partial charge in [-0.15, -0.1) is 0 Å². The molecule has 7 nitrogen and oxygen atoms in total. The third-order valence-electron chi connectivity index (χ3n) is 1.62. The molecule has 1 aromatic rings. The van der Waals surface area contributed by atoms with Crippen molar-refractivity contribution in [2.75, 3.05) is 5.73 Å². The number of hydrogen-bond acceptors (Lipinski definition) is 5. The number of nitrogen functional groups attached to an aromatic ring is 1. The van der Waals surface area contributed by atoms with Crippen LogP contribution in [-0.2, 0) is 20.0 Å². The van der Waals surface area contributed by atoms with Crippen LogP contribution in [0.15, 0.2) is 21.9 Å². The van der Waals surface area contributed by atoms with Crippen molar-refractivity contribution in [1.29, 1.82) is 0 Å². The summed E-state index contributed by atoms with van der Waals surface area (Å²) >= 11 is 5.57. The van der Waals surface area contributed by atoms with Gasteiger partial charge in [-0.25, -0.2) is 27.1 Å². The Kier molecular flexibility index (Phi) is 3.18. The van der Waals surface area contributed by atoms with Gasteiger partial charge < -0.3 is 5.73 Å². The van der Waals surface area contributed by atoms with Gasteiger partial charge in [0.25, 0.3) is 0 Å². The van der Waals surface area contributed by atoms with Crippen molar-refractivity contribution in [3.63, 3.8) is 0 Å². The van der Waals surface area contributed by atoms with Crippen LogP contribution in [-0.4, -0.2) is 16.8 Å². The lowest BCUT2D eigenvalue weighted by atomic mass is 10.3. The molecule has 16 heavy (non-hydrogen) atoms. The minimum atomic E-state index is -4.31. The summed E-state index contributed by atoms with van der Waals surface area (Å²) in [5.41, 5.74) is 5.29. The second-order valence-electron chi connectivity index (χ2n) is 2.92. The number of sulfonamides is 2. The molecule has 0 heterocycles. The van der Waals surface area contributed by atoms with Crippen molar-refractivity contribution in [2.24, 2.45) is 10.3 Å². The van der Waals surface area contributed by atoms with Crippen LogP contribution in [0.25, 0.3) is 0 Å². The Morgan fingerprint density at radius 1 is 1.00 bits per heavy atom. The van der Waals surface area contributed by atoms with Crippen molar-refractivity contribution in [1.82, 2.24) is 0 Å². The maximum atomic E-state index is 11.2. The zero-order valence-electron chi connectivity index (χ0n) is 7.71. The van der Waals surface area contributed by atoms with Gasteiger partial charge in [0, 0.05) is 5.69 Å². The fourth-order valence-electron chi connectivity index (χ4n) is 1.08. The van der Waals surface area contributed by atoms with Gasteiger partial charge in [-0.3, -0.25) is 0 Å². The molecule has 0 fully saturated rings. The van der Waals surface area contributed by atoms with Crippen LogP contribution in [0.2, 0.25) is 5.02 Å². The highest BCUT2D eigenvalue weighted by Crippen LogP contribution is 2.29. The fraction of sp³-hybridized carbons (Fsp3) is 0. The van der Waals surface area contributed by atoms with Crippen LogP contribution < -0.4 is 16.0 Å². The predicted molar refractivity (Wildman–Crippen MR) is 58.6 cm³/mol. The van der Waals surface area contributed by atoms with E-state index in [1.807, 2.05) is 0 Å². The molecule has 0 radical (unpaired) electrons. The Balaban J connectivity index is 3.87. The first-order chi connectivity index (χ1) is 7.03. The molecule has 0 saturated heterocycles. The first kappa shape index (κ1) is 13.2. The zero-order valence-corrected chi connectivity index (χ0v) is 10.1. The zero-order chi connectivity index (χ0) is 12.7. The molecule has 0 spiro atoms. The SMILES string of the molecule is Nc1cc(Cl)c(S(N)(=O)=O)c(S(N)(=O)=O)c1. The topological polar surface area (TPSA) is 146 Å². The molecule has 1 aromatic carbocycles. The van der Waals surface area contributed by atoms with Gasteiger partial charge in [-0.1, -0.05) is 11.6 Å². The van der Waals surface area contributed by atoms with Crippen LogP contribution in [0.5, 0.6) is 0 Å². The molecular weight excluding hydrogens is 278 g/mol. The number of nitrogens with two attached hydrogens (primary N) is 3. The highest BCUT2D eigenvalue weighted by atomic mass is 35.5. The Bertz CT molecular complexity index is 638. The van der Waals surface area contributed by atoms with E-state index in [0.717, 1.165) is 12.1 Å². The minimum Gasteiger partial charge on any atom is -0.399 e. The Morgan fingerprint density at radius 2 is 1.50 bits per heavy atom. The van der Waals surface area contributed by atoms with Gasteiger partial charge in [-0.2, -0.15) is 0 Å². The Hall–Kier alpha value is -0.870. The summed E-state index contributed by atoms with van der Waals surface area (Å²) in [4.78, 5) is -1.48. The smallest absolute Gasteiger partial charge is 0.240 e. The van der Waals surface area contributed by atoms with E-state index in [9.17, 15) is 16.8 Å². The first-order valence-corrected chi connectivity index (χ1v) is 7.15. The van der Waals surface area contributed by atoms with E-state index in [1.165, 1.54) is 0 Å². The van der Waals surface area contributed by atoms with Crippen LogP contribution in [0.1, 0.15) is 0 Å². The van der Waals surface area contributed by atoms with E-state index in [0.29, 0.717) is 0 Å². The second-order valence-corrected chi connectivity index (χ2v) is 6.36. The van der Waals surface area contributed by atoms with Gasteiger partial charge >= 0.3 is 0 Å². The number of anilines is 1. The lowest BCUT2D eigenvalue weighted by molar-refractivity contribution is 0.584. The number of hydrogen-bond donors (Lipinski definition) is 3. The normalized spacial score (nSPS) is 12.7. The van der Waals surface area contributed by atoms with Gasteiger partial charge in [0.2, 0.25) is 20.0 Å². The summed E-state index contributed by atoms with van der Waals surface area (Å²) < 4.78 is 44.6. The van der Waals surface area contributed by atoms with E-state index < -0.39 is 34.9 Å². The van der Waals surface area contributed by atoms with Crippen molar-refractivity contribution < 1.29 is 16.8 Å². The van der Waals surface area contributed by atoms with Gasteiger partial charge in [0.1, 0.15) is 9.79 Å². The summed E-state index contributed by atoms with van der Waals surface area (Å²) in [6, 6.07) is 1.94. The van der Waals surface area contributed by atoms with Crippen molar-refractivity contribution >= 4 is 37.3 Å². The molecule has 0 amide bonds. The van der Waals surface area contributed by atoms with Crippen molar-refractivity contribution in [2.45, 2.75) is 9.79 Å². The van der Waals surface area contributed by atoms with Crippen LogP contribution in [0.4, 0.5) is 5.69 Å². The van der Waals surface area contributed by atoms with E-state index in [2.05, 4.69) is 0 Å². The van der Waals surface area contributed by atoms with Gasteiger partial charge in [-0.05, 0) is 12.1 Å². The van der Waals surface area contributed by atoms with E-state index in [1.54, 1.807) is 0 Å². The highest BCUT2D eigenvalue weighted by molar-refractivity contribution is 7.92. The highest BCUT2D eigenvalue weighted by Gasteiger charge is 2.25. The standard InChI is InChI=1S/C6H8ClN3O4S2/c7-4-1-3(8)2-5(15(9,11)12)6(4)16(10,13)14/h1-2H,8H2,(H2,9,11,12)(H2,10,13,14). The van der Waals surface area contributed by atoms with Crippen molar-refractivity contribution in [3.8, 4) is 0 Å². The monoisotopic (exact) mass is 285 g/mol. The summed E-state index contributed by atoms with van der Waals surface area (Å²) in [6.45, 7) is 0. The minimum absolute atomic E-state index is 0.0403. The Morgan fingerprint density at radius 3 is 1.88 bits per heavy atom. The quantitative estimate of drug-likeness (QED) is 0.610. The Labute approximate surface area is 97.3 Å². The van der Waals surface area contributed by atoms with E-state index in [4.69, 9.17) is 27.6 Å².